The van der Waals surface area contributed by atoms with Crippen LogP contribution < -0.4 is 10.6 Å². The van der Waals surface area contributed by atoms with Gasteiger partial charge in [0, 0.05) is 44.8 Å². The molecule has 0 aromatic heterocycles. The Labute approximate surface area is 142 Å². The number of carbonyl (C=O) groups is 1. The Morgan fingerprint density at radius 3 is 2.57 bits per heavy atom. The van der Waals surface area contributed by atoms with Crippen LogP contribution in [0.2, 0.25) is 0 Å². The van der Waals surface area contributed by atoms with Crippen LogP contribution in [0.25, 0.3) is 0 Å². The van der Waals surface area contributed by atoms with E-state index in [9.17, 15) is 4.79 Å². The lowest BCUT2D eigenvalue weighted by atomic mass is 10.2. The van der Waals surface area contributed by atoms with E-state index in [2.05, 4.69) is 55.7 Å². The van der Waals surface area contributed by atoms with Crippen LogP contribution in [0.1, 0.15) is 47.5 Å². The van der Waals surface area contributed by atoms with E-state index in [-0.39, 0.29) is 5.91 Å². The number of hydrogen-bond acceptors (Lipinski definition) is 3. The molecule has 0 aromatic rings. The second kappa shape index (κ2) is 12.9. The van der Waals surface area contributed by atoms with Crippen molar-refractivity contribution in [3.63, 3.8) is 0 Å². The third kappa shape index (κ3) is 10.7. The molecule has 4 heteroatoms. The van der Waals surface area contributed by atoms with Crippen molar-refractivity contribution in [2.45, 2.75) is 53.5 Å². The summed E-state index contributed by atoms with van der Waals surface area (Å²) in [5, 5.41) is 6.53. The van der Waals surface area contributed by atoms with Gasteiger partial charge in [-0.25, -0.2) is 0 Å². The van der Waals surface area contributed by atoms with Gasteiger partial charge in [-0.3, -0.25) is 4.79 Å². The van der Waals surface area contributed by atoms with Crippen LogP contribution in [0.5, 0.6) is 0 Å². The zero-order chi connectivity index (χ0) is 17.7. The van der Waals surface area contributed by atoms with Crippen LogP contribution in [0.3, 0.4) is 0 Å². The van der Waals surface area contributed by atoms with Crippen LogP contribution >= 0.6 is 0 Å². The highest BCUT2D eigenvalue weighted by atomic mass is 16.2. The summed E-state index contributed by atoms with van der Waals surface area (Å²) in [6.07, 6.45) is 10.5. The maximum absolute atomic E-state index is 10.9. The standard InChI is InChI=1S/C11H17N.C6H12N2O.C2H6/c1-9-5-4-6-10(2)12-11(3)8-7-9;1-8-5-4-7-3-2-6(8)9;1-2/h5-8,11-12H,4H2,1-3H3;7H,2-5H2,1H3;1-2H3/b8-7-,9-5-,10-6-;;. The van der Waals surface area contributed by atoms with Gasteiger partial charge in [0.15, 0.2) is 0 Å². The molecule has 2 aliphatic heterocycles. The monoisotopic (exact) mass is 321 g/mol. The van der Waals surface area contributed by atoms with Gasteiger partial charge in [0.25, 0.3) is 0 Å². The quantitative estimate of drug-likeness (QED) is 0.720. The lowest BCUT2D eigenvalue weighted by Gasteiger charge is -2.11. The van der Waals surface area contributed by atoms with Gasteiger partial charge in [-0.05, 0) is 27.2 Å². The van der Waals surface area contributed by atoms with Crippen molar-refractivity contribution in [3.05, 3.63) is 35.6 Å². The smallest absolute Gasteiger partial charge is 0.223 e. The first-order chi connectivity index (χ1) is 11.0. The van der Waals surface area contributed by atoms with Crippen molar-refractivity contribution < 1.29 is 4.79 Å². The van der Waals surface area contributed by atoms with Gasteiger partial charge in [-0.2, -0.15) is 0 Å². The summed E-state index contributed by atoms with van der Waals surface area (Å²) >= 11 is 0. The van der Waals surface area contributed by atoms with E-state index in [1.165, 1.54) is 11.3 Å². The van der Waals surface area contributed by atoms with E-state index < -0.39 is 0 Å². The molecule has 2 N–H and O–H groups in total. The van der Waals surface area contributed by atoms with E-state index in [4.69, 9.17) is 0 Å². The maximum Gasteiger partial charge on any atom is 0.223 e. The van der Waals surface area contributed by atoms with Gasteiger partial charge in [0.1, 0.15) is 0 Å². The van der Waals surface area contributed by atoms with E-state index in [1.54, 1.807) is 4.90 Å². The molecular weight excluding hydrogens is 286 g/mol. The average molecular weight is 322 g/mol. The van der Waals surface area contributed by atoms with E-state index in [1.807, 2.05) is 20.9 Å². The first kappa shape index (κ1) is 21.4. The van der Waals surface area contributed by atoms with Gasteiger partial charge in [0.05, 0.1) is 0 Å². The molecule has 1 saturated heterocycles. The number of likely N-dealkylation sites (N-methyl/N-ethyl adjacent to an activating group) is 1. The molecule has 0 spiro atoms. The predicted octanol–water partition coefficient (Wildman–Crippen LogP) is 3.24. The Morgan fingerprint density at radius 1 is 1.17 bits per heavy atom. The summed E-state index contributed by atoms with van der Waals surface area (Å²) < 4.78 is 0. The molecule has 0 saturated carbocycles. The van der Waals surface area contributed by atoms with Gasteiger partial charge in [-0.1, -0.05) is 43.7 Å². The minimum atomic E-state index is 0.250. The highest BCUT2D eigenvalue weighted by Gasteiger charge is 2.10. The molecule has 132 valence electrons. The fourth-order valence-corrected chi connectivity index (χ4v) is 2.13. The lowest BCUT2D eigenvalue weighted by Crippen LogP contribution is -2.27. The highest BCUT2D eigenvalue weighted by Crippen LogP contribution is 2.04. The normalized spacial score (nSPS) is 27.5. The molecular formula is C19H35N3O. The van der Waals surface area contributed by atoms with Crippen molar-refractivity contribution in [3.8, 4) is 0 Å². The summed E-state index contributed by atoms with van der Waals surface area (Å²) in [6.45, 7) is 13.0. The molecule has 0 aromatic carbocycles. The van der Waals surface area contributed by atoms with Crippen molar-refractivity contribution in [2.75, 3.05) is 26.7 Å². The SMILES string of the molecule is CC.CC1=C/C/C=C(/C)NC(C)/C=C\1.CN1CCNCCC1=O. The Kier molecular flexibility index (Phi) is 12.1. The summed E-state index contributed by atoms with van der Waals surface area (Å²) in [6, 6.07) is 0.433. The fourth-order valence-electron chi connectivity index (χ4n) is 2.13. The second-order valence-corrected chi connectivity index (χ2v) is 5.68. The highest BCUT2D eigenvalue weighted by molar-refractivity contribution is 5.76. The van der Waals surface area contributed by atoms with E-state index in [0.717, 1.165) is 26.1 Å². The summed E-state index contributed by atoms with van der Waals surface area (Å²) in [4.78, 5) is 12.7. The van der Waals surface area contributed by atoms with Crippen LogP contribution in [-0.2, 0) is 4.79 Å². The Bertz CT molecular complexity index is 424. The van der Waals surface area contributed by atoms with Gasteiger partial charge < -0.3 is 15.5 Å². The van der Waals surface area contributed by atoms with E-state index >= 15 is 0 Å². The third-order valence-electron chi connectivity index (χ3n) is 3.53. The molecule has 0 aliphatic carbocycles. The Morgan fingerprint density at radius 2 is 1.87 bits per heavy atom. The molecule has 1 atom stereocenters. The molecule has 2 aliphatic rings. The zero-order valence-corrected chi connectivity index (χ0v) is 15.8. The molecule has 0 bridgehead atoms. The van der Waals surface area contributed by atoms with Crippen molar-refractivity contribution in [1.82, 2.24) is 15.5 Å². The van der Waals surface area contributed by atoms with Gasteiger partial charge >= 0.3 is 0 Å². The molecule has 1 unspecified atom stereocenters. The van der Waals surface area contributed by atoms with Crippen molar-refractivity contribution >= 4 is 5.91 Å². The fraction of sp³-hybridized carbons (Fsp3) is 0.632. The molecule has 1 amide bonds. The van der Waals surface area contributed by atoms with Crippen LogP contribution in [0.4, 0.5) is 0 Å². The number of hydrogen-bond donors (Lipinski definition) is 2. The molecule has 2 rings (SSSR count). The number of rotatable bonds is 0. The molecule has 1 fully saturated rings. The first-order valence-electron chi connectivity index (χ1n) is 8.72. The number of amides is 1. The average Bonchev–Trinajstić information content (AvgIpc) is 2.68. The summed E-state index contributed by atoms with van der Waals surface area (Å²) in [7, 11) is 1.84. The van der Waals surface area contributed by atoms with Crippen LogP contribution in [-0.4, -0.2) is 43.5 Å². The van der Waals surface area contributed by atoms with Crippen molar-refractivity contribution in [2.24, 2.45) is 0 Å². The van der Waals surface area contributed by atoms with Gasteiger partial charge in [-0.15, -0.1) is 0 Å². The largest absolute Gasteiger partial charge is 0.383 e. The number of nitrogens with one attached hydrogen (secondary N) is 2. The second-order valence-electron chi connectivity index (χ2n) is 5.68. The maximum atomic E-state index is 10.9. The van der Waals surface area contributed by atoms with Crippen molar-refractivity contribution in [1.29, 1.82) is 0 Å². The summed E-state index contributed by atoms with van der Waals surface area (Å²) in [5.41, 5.74) is 2.60. The zero-order valence-electron chi connectivity index (χ0n) is 15.8. The number of nitrogens with zero attached hydrogens (tertiary/aromatic N) is 1. The molecule has 0 radical (unpaired) electrons. The van der Waals surface area contributed by atoms with Crippen LogP contribution in [0.15, 0.2) is 35.6 Å². The topological polar surface area (TPSA) is 44.4 Å². The number of allylic oxidation sites excluding steroid dienone is 5. The summed E-state index contributed by atoms with van der Waals surface area (Å²) in [5.74, 6) is 0.250. The number of carbonyl (C=O) groups excluding carboxylic acids is 1. The van der Waals surface area contributed by atoms with E-state index in [0.29, 0.717) is 12.5 Å². The van der Waals surface area contributed by atoms with Gasteiger partial charge in [0.2, 0.25) is 5.91 Å². The lowest BCUT2D eigenvalue weighted by molar-refractivity contribution is -0.129. The predicted molar refractivity (Wildman–Crippen MR) is 100 cm³/mol. The molecule has 2 heterocycles. The molecule has 4 nitrogen and oxygen atoms in total. The minimum absolute atomic E-state index is 0.250. The molecule has 23 heavy (non-hydrogen) atoms. The third-order valence-corrected chi connectivity index (χ3v) is 3.53. The minimum Gasteiger partial charge on any atom is -0.383 e. The first-order valence-corrected chi connectivity index (χ1v) is 8.72. The Hall–Kier alpha value is -1.55. The van der Waals surface area contributed by atoms with Crippen LogP contribution in [0, 0.1) is 0 Å². The Balaban J connectivity index is 0.000000392.